The van der Waals surface area contributed by atoms with Crippen molar-refractivity contribution in [1.82, 2.24) is 10.5 Å². The van der Waals surface area contributed by atoms with Gasteiger partial charge in [0.2, 0.25) is 0 Å². The number of hydrogen-bond acceptors (Lipinski definition) is 7. The summed E-state index contributed by atoms with van der Waals surface area (Å²) < 4.78 is 16.8. The lowest BCUT2D eigenvalue weighted by Gasteiger charge is -2.53. The zero-order valence-corrected chi connectivity index (χ0v) is 20.8. The Labute approximate surface area is 215 Å². The van der Waals surface area contributed by atoms with Crippen LogP contribution in [0.1, 0.15) is 34.7 Å². The van der Waals surface area contributed by atoms with Crippen molar-refractivity contribution in [2.75, 3.05) is 49.8 Å². The first-order valence-corrected chi connectivity index (χ1v) is 12.7. The number of anilines is 2. The van der Waals surface area contributed by atoms with Crippen LogP contribution in [0, 0.1) is 5.41 Å². The molecule has 4 heterocycles. The van der Waals surface area contributed by atoms with E-state index in [4.69, 9.17) is 14.0 Å². The average Bonchev–Trinajstić information content (AvgIpc) is 3.34. The molecule has 2 saturated heterocycles. The van der Waals surface area contributed by atoms with Crippen molar-refractivity contribution in [3.8, 4) is 5.75 Å². The SMILES string of the molecule is CN1C(=O)[C@@H](NC(=O)c2cc(Cc3ccccc3)on2)COc2ccc(N3CC4(CCOCC4)C3)cc21. The van der Waals surface area contributed by atoms with Gasteiger partial charge in [-0.2, -0.15) is 0 Å². The van der Waals surface area contributed by atoms with Gasteiger partial charge >= 0.3 is 0 Å². The Morgan fingerprint density at radius 3 is 2.68 bits per heavy atom. The molecule has 3 aromatic rings. The van der Waals surface area contributed by atoms with Crippen LogP contribution < -0.4 is 19.9 Å². The minimum atomic E-state index is -0.850. The molecule has 9 nitrogen and oxygen atoms in total. The molecular formula is C28H30N4O5. The van der Waals surface area contributed by atoms with Crippen molar-refractivity contribution in [2.45, 2.75) is 25.3 Å². The van der Waals surface area contributed by atoms with Crippen molar-refractivity contribution in [2.24, 2.45) is 5.41 Å². The predicted molar refractivity (Wildman–Crippen MR) is 137 cm³/mol. The Bertz CT molecular complexity index is 1290. The quantitative estimate of drug-likeness (QED) is 0.573. The number of amides is 2. The van der Waals surface area contributed by atoms with Gasteiger partial charge in [-0.05, 0) is 36.6 Å². The number of ether oxygens (including phenoxy) is 2. The molecule has 0 unspecified atom stereocenters. The molecule has 0 aliphatic carbocycles. The van der Waals surface area contributed by atoms with E-state index in [1.165, 1.54) is 0 Å². The van der Waals surface area contributed by atoms with Gasteiger partial charge in [-0.15, -0.1) is 0 Å². The van der Waals surface area contributed by atoms with Gasteiger partial charge < -0.3 is 29.1 Å². The molecule has 2 fully saturated rings. The molecule has 2 amide bonds. The summed E-state index contributed by atoms with van der Waals surface area (Å²) in [6.07, 6.45) is 2.71. The fourth-order valence-electron chi connectivity index (χ4n) is 5.39. The Kier molecular flexibility index (Phi) is 6.08. The number of carbonyl (C=O) groups is 2. The van der Waals surface area contributed by atoms with E-state index in [0.717, 1.165) is 50.4 Å². The highest BCUT2D eigenvalue weighted by Crippen LogP contribution is 2.44. The van der Waals surface area contributed by atoms with Crippen LogP contribution in [0.5, 0.6) is 5.75 Å². The van der Waals surface area contributed by atoms with Crippen LogP contribution >= 0.6 is 0 Å². The second-order valence-corrected chi connectivity index (χ2v) is 10.2. The van der Waals surface area contributed by atoms with Gasteiger partial charge in [-0.1, -0.05) is 35.5 Å². The second-order valence-electron chi connectivity index (χ2n) is 10.2. The summed E-state index contributed by atoms with van der Waals surface area (Å²) in [5, 5.41) is 6.67. The standard InChI is InChI=1S/C28H30N4O5/c1-31-24-14-20(32-17-28(18-32)9-11-35-12-10-28)7-8-25(24)36-16-23(27(31)34)29-26(33)22-15-21(37-30-22)13-19-5-3-2-4-6-19/h2-8,14-15,23H,9-13,16-18H2,1H3,(H,29,33)/t23-/m0/s1. The second kappa shape index (κ2) is 9.55. The average molecular weight is 503 g/mol. The number of aromatic nitrogens is 1. The van der Waals surface area contributed by atoms with Gasteiger partial charge in [0.25, 0.3) is 11.8 Å². The maximum Gasteiger partial charge on any atom is 0.274 e. The molecule has 0 bridgehead atoms. The van der Waals surface area contributed by atoms with Crippen LogP contribution in [-0.4, -0.2) is 63.0 Å². The van der Waals surface area contributed by atoms with E-state index in [2.05, 4.69) is 15.4 Å². The molecule has 1 spiro atoms. The fourth-order valence-corrected chi connectivity index (χ4v) is 5.39. The van der Waals surface area contributed by atoms with Crippen LogP contribution in [0.4, 0.5) is 11.4 Å². The summed E-state index contributed by atoms with van der Waals surface area (Å²) >= 11 is 0. The molecule has 1 atom stereocenters. The van der Waals surface area contributed by atoms with E-state index < -0.39 is 11.9 Å². The van der Waals surface area contributed by atoms with E-state index in [9.17, 15) is 9.59 Å². The zero-order valence-electron chi connectivity index (χ0n) is 20.8. The summed E-state index contributed by atoms with van der Waals surface area (Å²) in [4.78, 5) is 30.1. The van der Waals surface area contributed by atoms with Crippen molar-refractivity contribution in [3.05, 3.63) is 71.6 Å². The number of hydrogen-bond donors (Lipinski definition) is 1. The minimum absolute atomic E-state index is 0.0306. The monoisotopic (exact) mass is 502 g/mol. The normalized spacial score (nSPS) is 20.6. The molecule has 1 N–H and O–H groups in total. The van der Waals surface area contributed by atoms with E-state index in [-0.39, 0.29) is 18.2 Å². The predicted octanol–water partition coefficient (Wildman–Crippen LogP) is 3.04. The highest BCUT2D eigenvalue weighted by molar-refractivity contribution is 6.03. The summed E-state index contributed by atoms with van der Waals surface area (Å²) in [7, 11) is 1.71. The number of rotatable bonds is 5. The van der Waals surface area contributed by atoms with Crippen LogP contribution in [-0.2, 0) is 16.0 Å². The number of carbonyl (C=O) groups excluding carboxylic acids is 2. The molecule has 0 saturated carbocycles. The third-order valence-electron chi connectivity index (χ3n) is 7.63. The molecule has 1 aromatic heterocycles. The fraction of sp³-hybridized carbons (Fsp3) is 0.393. The van der Waals surface area contributed by atoms with Gasteiger partial charge in [-0.25, -0.2) is 0 Å². The lowest BCUT2D eigenvalue weighted by Crippen LogP contribution is -2.58. The van der Waals surface area contributed by atoms with Crippen LogP contribution in [0.2, 0.25) is 0 Å². The van der Waals surface area contributed by atoms with Crippen molar-refractivity contribution in [3.63, 3.8) is 0 Å². The zero-order chi connectivity index (χ0) is 25.4. The maximum atomic E-state index is 13.3. The summed E-state index contributed by atoms with van der Waals surface area (Å²) in [6.45, 7) is 3.69. The highest BCUT2D eigenvalue weighted by atomic mass is 16.5. The van der Waals surface area contributed by atoms with Crippen LogP contribution in [0.25, 0.3) is 0 Å². The lowest BCUT2D eigenvalue weighted by molar-refractivity contribution is -0.120. The van der Waals surface area contributed by atoms with Gasteiger partial charge in [0.15, 0.2) is 5.69 Å². The molecule has 37 heavy (non-hydrogen) atoms. The van der Waals surface area contributed by atoms with Crippen LogP contribution in [0.3, 0.4) is 0 Å². The van der Waals surface area contributed by atoms with Gasteiger partial charge in [0, 0.05) is 56.9 Å². The van der Waals surface area contributed by atoms with Crippen LogP contribution in [0.15, 0.2) is 59.1 Å². The first kappa shape index (κ1) is 23.5. The van der Waals surface area contributed by atoms with E-state index in [1.807, 2.05) is 48.5 Å². The number of nitrogens with zero attached hydrogens (tertiary/aromatic N) is 3. The summed E-state index contributed by atoms with van der Waals surface area (Å²) in [6, 6.07) is 16.5. The third kappa shape index (κ3) is 4.67. The topological polar surface area (TPSA) is 97.1 Å². The largest absolute Gasteiger partial charge is 0.489 e. The van der Waals surface area contributed by atoms with E-state index in [1.54, 1.807) is 18.0 Å². The van der Waals surface area contributed by atoms with Crippen molar-refractivity contribution < 1.29 is 23.6 Å². The Hall–Kier alpha value is -3.85. The van der Waals surface area contributed by atoms with E-state index >= 15 is 0 Å². The summed E-state index contributed by atoms with van der Waals surface area (Å²) in [5.41, 5.74) is 3.29. The Morgan fingerprint density at radius 1 is 1.11 bits per heavy atom. The third-order valence-corrected chi connectivity index (χ3v) is 7.63. The van der Waals surface area contributed by atoms with E-state index in [0.29, 0.717) is 29.0 Å². The number of fused-ring (bicyclic) bond motifs is 1. The molecule has 192 valence electrons. The first-order chi connectivity index (χ1) is 18.0. The number of likely N-dealkylation sites (N-methyl/N-ethyl adjacent to an activating group) is 1. The molecular weight excluding hydrogens is 472 g/mol. The number of nitrogens with one attached hydrogen (secondary N) is 1. The first-order valence-electron chi connectivity index (χ1n) is 12.7. The Balaban J connectivity index is 1.11. The van der Waals surface area contributed by atoms with Gasteiger partial charge in [0.1, 0.15) is 24.2 Å². The maximum absolute atomic E-state index is 13.3. The Morgan fingerprint density at radius 2 is 1.89 bits per heavy atom. The lowest BCUT2D eigenvalue weighted by atomic mass is 9.73. The molecule has 6 rings (SSSR count). The molecule has 3 aliphatic rings. The van der Waals surface area contributed by atoms with Crippen molar-refractivity contribution in [1.29, 1.82) is 0 Å². The highest BCUT2D eigenvalue weighted by Gasteiger charge is 2.44. The molecule has 2 aromatic carbocycles. The van der Waals surface area contributed by atoms with Gasteiger partial charge in [0.05, 0.1) is 5.69 Å². The molecule has 0 radical (unpaired) electrons. The smallest absolute Gasteiger partial charge is 0.274 e. The summed E-state index contributed by atoms with van der Waals surface area (Å²) in [5.74, 6) is 0.462. The minimum Gasteiger partial charge on any atom is -0.489 e. The molecule has 9 heteroatoms. The van der Waals surface area contributed by atoms with Crippen molar-refractivity contribution >= 4 is 23.2 Å². The number of benzene rings is 2. The molecule has 3 aliphatic heterocycles. The van der Waals surface area contributed by atoms with Gasteiger partial charge in [-0.3, -0.25) is 9.59 Å².